The van der Waals surface area contributed by atoms with Crippen molar-refractivity contribution >= 4 is 11.6 Å². The molecule has 23 heavy (non-hydrogen) atoms. The van der Waals surface area contributed by atoms with E-state index < -0.39 is 5.82 Å². The molecule has 1 aromatic carbocycles. The lowest BCUT2D eigenvalue weighted by Crippen LogP contribution is -2.58. The first-order chi connectivity index (χ1) is 10.9. The van der Waals surface area contributed by atoms with Gasteiger partial charge in [-0.2, -0.15) is 4.89 Å². The number of amides is 1. The van der Waals surface area contributed by atoms with Crippen LogP contribution in [0.2, 0.25) is 0 Å². The third-order valence-electron chi connectivity index (χ3n) is 4.84. The maximum absolute atomic E-state index is 13.5. The highest BCUT2D eigenvalue weighted by molar-refractivity contribution is 5.96. The zero-order valence-electron chi connectivity index (χ0n) is 14.3. The minimum Gasteiger partial charge on any atom is -0.335 e. The number of carbonyl (C=O) groups excluding carboxylic acids is 1. The van der Waals surface area contributed by atoms with Crippen LogP contribution in [-0.4, -0.2) is 43.7 Å². The SMILES string of the molecule is COOc1cc(F)cc(C)c1NC(=O)C(C)[N+]1(C)CCCCC1. The average molecular weight is 325 g/mol. The summed E-state index contributed by atoms with van der Waals surface area (Å²) in [7, 11) is 3.46. The summed E-state index contributed by atoms with van der Waals surface area (Å²) in [5, 5.41) is 2.89. The highest BCUT2D eigenvalue weighted by Crippen LogP contribution is 2.31. The number of carbonyl (C=O) groups is 1. The van der Waals surface area contributed by atoms with Crippen LogP contribution in [0.4, 0.5) is 10.1 Å². The van der Waals surface area contributed by atoms with Gasteiger partial charge in [0.25, 0.3) is 5.91 Å². The molecule has 6 heteroatoms. The molecule has 1 amide bonds. The van der Waals surface area contributed by atoms with E-state index in [9.17, 15) is 9.18 Å². The Hall–Kier alpha value is -1.66. The number of nitrogens with zero attached hydrogens (tertiary/aromatic N) is 1. The summed E-state index contributed by atoms with van der Waals surface area (Å²) >= 11 is 0. The number of likely N-dealkylation sites (tertiary alicyclic amines) is 1. The van der Waals surface area contributed by atoms with Gasteiger partial charge in [0, 0.05) is 6.07 Å². The van der Waals surface area contributed by atoms with Crippen LogP contribution in [0.25, 0.3) is 0 Å². The topological polar surface area (TPSA) is 47.6 Å². The predicted molar refractivity (Wildman–Crippen MR) is 86.6 cm³/mol. The molecule has 0 aromatic heterocycles. The molecular formula is C17H26FN2O3+. The quantitative estimate of drug-likeness (QED) is 0.514. The van der Waals surface area contributed by atoms with Crippen molar-refractivity contribution < 1.29 is 23.4 Å². The van der Waals surface area contributed by atoms with Crippen LogP contribution in [0, 0.1) is 12.7 Å². The van der Waals surface area contributed by atoms with Gasteiger partial charge in [0.15, 0.2) is 11.8 Å². The van der Waals surface area contributed by atoms with E-state index in [0.29, 0.717) is 11.3 Å². The fraction of sp³-hybridized carbons (Fsp3) is 0.588. The molecule has 0 aliphatic carbocycles. The standard InChI is InChI=1S/C17H25FN2O3/c1-12-10-14(18)11-15(23-22-4)16(12)19-17(21)13(2)20(3)8-6-5-7-9-20/h10-11,13H,5-9H2,1-4H3/p+1. The summed E-state index contributed by atoms with van der Waals surface area (Å²) < 4.78 is 14.3. The molecular weight excluding hydrogens is 299 g/mol. The summed E-state index contributed by atoms with van der Waals surface area (Å²) in [6.07, 6.45) is 3.51. The zero-order chi connectivity index (χ0) is 17.0. The van der Waals surface area contributed by atoms with Crippen molar-refractivity contribution in [1.82, 2.24) is 0 Å². The van der Waals surface area contributed by atoms with Crippen LogP contribution < -0.4 is 10.2 Å². The highest BCUT2D eigenvalue weighted by atomic mass is 19.1. The van der Waals surface area contributed by atoms with E-state index in [1.807, 2.05) is 6.92 Å². The number of halogens is 1. The number of anilines is 1. The summed E-state index contributed by atoms with van der Waals surface area (Å²) in [5.41, 5.74) is 1.05. The lowest BCUT2D eigenvalue weighted by atomic mass is 10.0. The molecule has 2 rings (SSSR count). The van der Waals surface area contributed by atoms with Crippen molar-refractivity contribution in [3.05, 3.63) is 23.5 Å². The molecule has 128 valence electrons. The maximum atomic E-state index is 13.5. The molecule has 0 bridgehead atoms. The van der Waals surface area contributed by atoms with E-state index in [4.69, 9.17) is 4.89 Å². The van der Waals surface area contributed by atoms with Crippen LogP contribution in [0.3, 0.4) is 0 Å². The van der Waals surface area contributed by atoms with Crippen LogP contribution in [0.5, 0.6) is 5.75 Å². The van der Waals surface area contributed by atoms with Gasteiger partial charge in [-0.15, -0.1) is 0 Å². The number of hydrogen-bond donors (Lipinski definition) is 1. The number of hydrogen-bond acceptors (Lipinski definition) is 3. The second kappa shape index (κ2) is 7.27. The Bertz CT molecular complexity index is 571. The van der Waals surface area contributed by atoms with Crippen LogP contribution in [0.15, 0.2) is 12.1 Å². The molecule has 0 spiro atoms. The van der Waals surface area contributed by atoms with E-state index in [2.05, 4.69) is 17.3 Å². The minimum absolute atomic E-state index is 0.0925. The molecule has 1 atom stereocenters. The summed E-state index contributed by atoms with van der Waals surface area (Å²) in [6, 6.07) is 2.38. The van der Waals surface area contributed by atoms with Crippen LogP contribution in [0.1, 0.15) is 31.7 Å². The number of quaternary nitrogens is 1. The van der Waals surface area contributed by atoms with E-state index in [1.165, 1.54) is 25.7 Å². The van der Waals surface area contributed by atoms with Crippen molar-refractivity contribution in [2.24, 2.45) is 0 Å². The maximum Gasteiger partial charge on any atom is 0.282 e. The molecule has 5 nitrogen and oxygen atoms in total. The van der Waals surface area contributed by atoms with Crippen molar-refractivity contribution in [2.75, 3.05) is 32.6 Å². The first kappa shape index (κ1) is 17.7. The third kappa shape index (κ3) is 4.00. The van der Waals surface area contributed by atoms with Gasteiger partial charge in [-0.1, -0.05) is 0 Å². The lowest BCUT2D eigenvalue weighted by molar-refractivity contribution is -0.926. The number of nitrogens with one attached hydrogen (secondary N) is 1. The van der Waals surface area contributed by atoms with E-state index in [0.717, 1.165) is 30.4 Å². The van der Waals surface area contributed by atoms with Crippen molar-refractivity contribution in [3.63, 3.8) is 0 Å². The lowest BCUT2D eigenvalue weighted by Gasteiger charge is -2.41. The van der Waals surface area contributed by atoms with Gasteiger partial charge in [0.1, 0.15) is 5.82 Å². The summed E-state index contributed by atoms with van der Waals surface area (Å²) in [5.74, 6) is -0.354. The summed E-state index contributed by atoms with van der Waals surface area (Å²) in [6.45, 7) is 5.66. The number of rotatable bonds is 5. The van der Waals surface area contributed by atoms with E-state index in [-0.39, 0.29) is 17.7 Å². The second-order valence-corrected chi connectivity index (χ2v) is 6.50. The Balaban J connectivity index is 2.19. The van der Waals surface area contributed by atoms with E-state index >= 15 is 0 Å². The molecule has 1 N–H and O–H groups in total. The molecule has 1 saturated heterocycles. The van der Waals surface area contributed by atoms with Gasteiger partial charge in [-0.3, -0.25) is 4.79 Å². The molecule has 1 aliphatic rings. The van der Waals surface area contributed by atoms with Crippen molar-refractivity contribution in [1.29, 1.82) is 0 Å². The monoisotopic (exact) mass is 325 g/mol. The fourth-order valence-corrected chi connectivity index (χ4v) is 3.16. The Morgan fingerprint density at radius 3 is 2.57 bits per heavy atom. The van der Waals surface area contributed by atoms with Gasteiger partial charge < -0.3 is 14.7 Å². The van der Waals surface area contributed by atoms with Crippen LogP contribution >= 0.6 is 0 Å². The fourth-order valence-electron chi connectivity index (χ4n) is 3.16. The molecule has 1 unspecified atom stereocenters. The molecule has 1 aromatic rings. The van der Waals surface area contributed by atoms with Crippen molar-refractivity contribution in [2.45, 2.75) is 39.2 Å². The Morgan fingerprint density at radius 2 is 1.96 bits per heavy atom. The number of benzene rings is 1. The van der Waals surface area contributed by atoms with Gasteiger partial charge in [-0.05, 0) is 44.7 Å². The molecule has 0 radical (unpaired) electrons. The van der Waals surface area contributed by atoms with Gasteiger partial charge in [-0.25, -0.2) is 4.39 Å². The Kier molecular flexibility index (Phi) is 5.59. The van der Waals surface area contributed by atoms with Crippen molar-refractivity contribution in [3.8, 4) is 5.75 Å². The Morgan fingerprint density at radius 1 is 1.30 bits per heavy atom. The van der Waals surface area contributed by atoms with Gasteiger partial charge in [0.05, 0.1) is 32.9 Å². The highest BCUT2D eigenvalue weighted by Gasteiger charge is 2.36. The first-order valence-electron chi connectivity index (χ1n) is 8.03. The molecule has 0 saturated carbocycles. The second-order valence-electron chi connectivity index (χ2n) is 6.50. The number of likely N-dealkylation sites (N-methyl/N-ethyl adjacent to an activating group) is 1. The third-order valence-corrected chi connectivity index (χ3v) is 4.84. The van der Waals surface area contributed by atoms with Gasteiger partial charge in [0.2, 0.25) is 0 Å². The predicted octanol–water partition coefficient (Wildman–Crippen LogP) is 3.03. The Labute approximate surface area is 136 Å². The smallest absolute Gasteiger partial charge is 0.282 e. The zero-order valence-corrected chi connectivity index (χ0v) is 14.3. The van der Waals surface area contributed by atoms with Gasteiger partial charge >= 0.3 is 0 Å². The normalized spacial score (nSPS) is 18.3. The van der Waals surface area contributed by atoms with Crippen LogP contribution in [-0.2, 0) is 9.68 Å². The summed E-state index contributed by atoms with van der Waals surface area (Å²) in [4.78, 5) is 22.3. The minimum atomic E-state index is -0.435. The number of aryl methyl sites for hydroxylation is 1. The molecule has 1 aliphatic heterocycles. The number of piperidine rings is 1. The largest absolute Gasteiger partial charge is 0.335 e. The molecule has 1 fully saturated rings. The first-order valence-corrected chi connectivity index (χ1v) is 8.03. The molecule has 1 heterocycles. The van der Waals surface area contributed by atoms with E-state index in [1.54, 1.807) is 6.92 Å². The average Bonchev–Trinajstić information content (AvgIpc) is 2.50.